The third-order valence-electron chi connectivity index (χ3n) is 4.97. The van der Waals surface area contributed by atoms with Gasteiger partial charge in [-0.25, -0.2) is 9.78 Å². The number of likely N-dealkylation sites (N-methyl/N-ethyl adjacent to an activating group) is 1. The third-order valence-corrected chi connectivity index (χ3v) is 5.69. The molecule has 1 aromatic heterocycles. The second kappa shape index (κ2) is 7.25. The molecule has 0 amide bonds. The van der Waals surface area contributed by atoms with Crippen molar-refractivity contribution in [1.29, 1.82) is 0 Å². The third kappa shape index (κ3) is 3.29. The zero-order valence-electron chi connectivity index (χ0n) is 14.9. The highest BCUT2D eigenvalue weighted by atomic mass is 79.9. The molecule has 1 aliphatic heterocycles. The molecular formula is C22H19BrN2O2. The van der Waals surface area contributed by atoms with E-state index < -0.39 is 5.97 Å². The lowest BCUT2D eigenvalue weighted by Crippen LogP contribution is -2.31. The number of aromatic nitrogens is 1. The Kier molecular flexibility index (Phi) is 4.81. The lowest BCUT2D eigenvalue weighted by Gasteiger charge is -2.30. The van der Waals surface area contributed by atoms with Crippen molar-refractivity contribution in [1.82, 2.24) is 9.88 Å². The minimum Gasteiger partial charge on any atom is -0.478 e. The molecule has 27 heavy (non-hydrogen) atoms. The van der Waals surface area contributed by atoms with Crippen LogP contribution in [0.25, 0.3) is 22.6 Å². The molecule has 1 aliphatic rings. The molecule has 0 bridgehead atoms. The van der Waals surface area contributed by atoms with Crippen molar-refractivity contribution in [3.8, 4) is 0 Å². The molecule has 4 nitrogen and oxygen atoms in total. The number of benzene rings is 2. The van der Waals surface area contributed by atoms with Gasteiger partial charge in [-0.05, 0) is 35.9 Å². The number of halogens is 1. The molecule has 0 saturated heterocycles. The van der Waals surface area contributed by atoms with Gasteiger partial charge >= 0.3 is 5.97 Å². The molecule has 3 aromatic rings. The monoisotopic (exact) mass is 422 g/mol. The van der Waals surface area contributed by atoms with Crippen LogP contribution in [0.5, 0.6) is 0 Å². The Balaban J connectivity index is 2.01. The standard InChI is InChI=1S/C22H19BrN2O2/c1-2-25-12-15(11-14-7-3-5-9-18(14)23)21-17(13-25)20(22(26)27)16-8-4-6-10-19(16)24-21/h3-11H,2,12-13H2,1H3,(H,26,27)/b15-11+. The van der Waals surface area contributed by atoms with Crippen LogP contribution in [0.15, 0.2) is 53.0 Å². The summed E-state index contributed by atoms with van der Waals surface area (Å²) in [5.74, 6) is -0.900. The Labute approximate surface area is 166 Å². The van der Waals surface area contributed by atoms with Crippen LogP contribution in [0.4, 0.5) is 0 Å². The van der Waals surface area contributed by atoms with Crippen LogP contribution in [0.1, 0.15) is 34.1 Å². The van der Waals surface area contributed by atoms with E-state index in [1.54, 1.807) is 0 Å². The fraction of sp³-hybridized carbons (Fsp3) is 0.182. The average molecular weight is 423 g/mol. The number of carbonyl (C=O) groups is 1. The highest BCUT2D eigenvalue weighted by Crippen LogP contribution is 2.34. The number of pyridine rings is 1. The number of aromatic carboxylic acids is 1. The Bertz CT molecular complexity index is 1080. The van der Waals surface area contributed by atoms with Gasteiger partial charge in [0.15, 0.2) is 0 Å². The summed E-state index contributed by atoms with van der Waals surface area (Å²) >= 11 is 3.60. The Morgan fingerprint density at radius 1 is 1.19 bits per heavy atom. The number of carboxylic acid groups (broad SMARTS) is 1. The number of nitrogens with zero attached hydrogens (tertiary/aromatic N) is 2. The van der Waals surface area contributed by atoms with E-state index in [0.29, 0.717) is 17.5 Å². The maximum atomic E-state index is 12.1. The fourth-order valence-corrected chi connectivity index (χ4v) is 4.03. The van der Waals surface area contributed by atoms with Crippen LogP contribution in [-0.4, -0.2) is 34.0 Å². The molecule has 4 rings (SSSR count). The van der Waals surface area contributed by atoms with Gasteiger partial charge in [0.1, 0.15) is 0 Å². The van der Waals surface area contributed by atoms with Gasteiger partial charge < -0.3 is 5.11 Å². The summed E-state index contributed by atoms with van der Waals surface area (Å²) in [6, 6.07) is 15.5. The van der Waals surface area contributed by atoms with Crippen LogP contribution in [-0.2, 0) is 6.54 Å². The molecule has 5 heteroatoms. The summed E-state index contributed by atoms with van der Waals surface area (Å²) in [6.45, 7) is 4.28. The average Bonchev–Trinajstić information content (AvgIpc) is 2.67. The van der Waals surface area contributed by atoms with Gasteiger partial charge in [0, 0.05) is 28.5 Å². The molecular weight excluding hydrogens is 404 g/mol. The van der Waals surface area contributed by atoms with E-state index in [-0.39, 0.29) is 0 Å². The molecule has 1 N–H and O–H groups in total. The molecule has 0 aliphatic carbocycles. The molecule has 136 valence electrons. The van der Waals surface area contributed by atoms with E-state index in [1.807, 2.05) is 48.5 Å². The largest absolute Gasteiger partial charge is 0.478 e. The normalized spacial score (nSPS) is 15.9. The zero-order valence-corrected chi connectivity index (χ0v) is 16.5. The number of fused-ring (bicyclic) bond motifs is 2. The van der Waals surface area contributed by atoms with Crippen molar-refractivity contribution < 1.29 is 9.90 Å². The lowest BCUT2D eigenvalue weighted by atomic mass is 9.92. The highest BCUT2D eigenvalue weighted by molar-refractivity contribution is 9.10. The summed E-state index contributed by atoms with van der Waals surface area (Å²) in [6.07, 6.45) is 2.11. The van der Waals surface area contributed by atoms with Gasteiger partial charge in [-0.1, -0.05) is 59.3 Å². The molecule has 0 saturated carbocycles. The van der Waals surface area contributed by atoms with Crippen molar-refractivity contribution in [2.24, 2.45) is 0 Å². The summed E-state index contributed by atoms with van der Waals surface area (Å²) in [7, 11) is 0. The van der Waals surface area contributed by atoms with E-state index in [4.69, 9.17) is 4.98 Å². The predicted octanol–water partition coefficient (Wildman–Crippen LogP) is 5.07. The quantitative estimate of drug-likeness (QED) is 0.639. The predicted molar refractivity (Wildman–Crippen MR) is 112 cm³/mol. The second-order valence-corrected chi connectivity index (χ2v) is 7.48. The summed E-state index contributed by atoms with van der Waals surface area (Å²) in [5, 5.41) is 10.6. The number of carboxylic acids is 1. The van der Waals surface area contributed by atoms with Gasteiger partial charge in [0.2, 0.25) is 0 Å². The molecule has 2 heterocycles. The summed E-state index contributed by atoms with van der Waals surface area (Å²) in [5.41, 5.74) is 4.78. The number of hydrogen-bond acceptors (Lipinski definition) is 3. The van der Waals surface area contributed by atoms with Gasteiger partial charge in [0.25, 0.3) is 0 Å². The Hall–Kier alpha value is -2.50. The first kappa shape index (κ1) is 17.9. The van der Waals surface area contributed by atoms with Crippen molar-refractivity contribution in [2.45, 2.75) is 13.5 Å². The van der Waals surface area contributed by atoms with Crippen LogP contribution in [0.2, 0.25) is 0 Å². The van der Waals surface area contributed by atoms with Crippen LogP contribution < -0.4 is 0 Å². The van der Waals surface area contributed by atoms with Crippen LogP contribution in [0, 0.1) is 0 Å². The van der Waals surface area contributed by atoms with Gasteiger partial charge in [-0.3, -0.25) is 4.90 Å². The van der Waals surface area contributed by atoms with Crippen molar-refractivity contribution >= 4 is 44.5 Å². The maximum Gasteiger partial charge on any atom is 0.336 e. The minimum absolute atomic E-state index is 0.367. The van der Waals surface area contributed by atoms with E-state index in [9.17, 15) is 9.90 Å². The summed E-state index contributed by atoms with van der Waals surface area (Å²) < 4.78 is 1.01. The topological polar surface area (TPSA) is 53.4 Å². The van der Waals surface area contributed by atoms with Crippen molar-refractivity contribution in [2.75, 3.05) is 13.1 Å². The molecule has 0 atom stereocenters. The Morgan fingerprint density at radius 2 is 1.93 bits per heavy atom. The number of para-hydroxylation sites is 1. The maximum absolute atomic E-state index is 12.1. The highest BCUT2D eigenvalue weighted by Gasteiger charge is 2.27. The summed E-state index contributed by atoms with van der Waals surface area (Å²) in [4.78, 5) is 19.2. The van der Waals surface area contributed by atoms with E-state index in [0.717, 1.165) is 45.5 Å². The first-order valence-corrected chi connectivity index (χ1v) is 9.70. The molecule has 2 aromatic carbocycles. The van der Waals surface area contributed by atoms with Crippen LogP contribution in [0.3, 0.4) is 0 Å². The number of rotatable bonds is 3. The second-order valence-electron chi connectivity index (χ2n) is 6.63. The van der Waals surface area contributed by atoms with E-state index in [2.05, 4.69) is 33.8 Å². The first-order chi connectivity index (χ1) is 13.1. The van der Waals surface area contributed by atoms with Gasteiger partial charge in [0.05, 0.1) is 16.8 Å². The Morgan fingerprint density at radius 3 is 2.67 bits per heavy atom. The smallest absolute Gasteiger partial charge is 0.336 e. The SMILES string of the molecule is CCN1C/C(=C\c2ccccc2Br)c2nc3ccccc3c(C(=O)O)c2C1. The molecule has 0 radical (unpaired) electrons. The fourth-order valence-electron chi connectivity index (χ4n) is 3.63. The van der Waals surface area contributed by atoms with Crippen LogP contribution >= 0.6 is 15.9 Å². The minimum atomic E-state index is -0.900. The zero-order chi connectivity index (χ0) is 19.0. The van der Waals surface area contributed by atoms with E-state index >= 15 is 0 Å². The van der Waals surface area contributed by atoms with Gasteiger partial charge in [-0.2, -0.15) is 0 Å². The molecule has 0 unspecified atom stereocenters. The first-order valence-electron chi connectivity index (χ1n) is 8.91. The number of hydrogen-bond donors (Lipinski definition) is 1. The molecule has 0 fully saturated rings. The lowest BCUT2D eigenvalue weighted by molar-refractivity contribution is 0.0696. The van der Waals surface area contributed by atoms with E-state index in [1.165, 1.54) is 0 Å². The van der Waals surface area contributed by atoms with Gasteiger partial charge in [-0.15, -0.1) is 0 Å². The van der Waals surface area contributed by atoms with Crippen molar-refractivity contribution in [3.05, 3.63) is 75.4 Å². The molecule has 0 spiro atoms. The van der Waals surface area contributed by atoms with Crippen molar-refractivity contribution in [3.63, 3.8) is 0 Å².